The third kappa shape index (κ3) is 2.75. The van der Waals surface area contributed by atoms with Crippen LogP contribution in [-0.4, -0.2) is 6.54 Å². The zero-order valence-electron chi connectivity index (χ0n) is 11.7. The Kier molecular flexibility index (Phi) is 4.28. The van der Waals surface area contributed by atoms with E-state index in [0.29, 0.717) is 0 Å². The number of nitrogens with one attached hydrogen (secondary N) is 1. The second-order valence-corrected chi connectivity index (χ2v) is 6.80. The molecule has 0 radical (unpaired) electrons. The fourth-order valence-corrected chi connectivity index (χ4v) is 4.73. The Bertz CT molecular complexity index is 271. The molecule has 2 atom stereocenters. The highest BCUT2D eigenvalue weighted by molar-refractivity contribution is 5.01. The summed E-state index contributed by atoms with van der Waals surface area (Å²) in [7, 11) is 0. The largest absolute Gasteiger partial charge is 0.391 e. The van der Waals surface area contributed by atoms with Gasteiger partial charge in [-0.25, -0.2) is 0 Å². The normalized spacial score (nSPS) is 35.3. The summed E-state index contributed by atoms with van der Waals surface area (Å²) in [5, 5.41) is 3.52. The number of hydrogen-bond acceptors (Lipinski definition) is 1. The van der Waals surface area contributed by atoms with E-state index in [0.717, 1.165) is 23.7 Å². The van der Waals surface area contributed by atoms with E-state index < -0.39 is 0 Å². The Morgan fingerprint density at radius 1 is 0.722 bits per heavy atom. The molecule has 102 valence electrons. The van der Waals surface area contributed by atoms with E-state index in [2.05, 4.69) is 17.6 Å². The molecule has 1 heterocycles. The summed E-state index contributed by atoms with van der Waals surface area (Å²) < 4.78 is 0. The van der Waals surface area contributed by atoms with Crippen LogP contribution in [0.1, 0.15) is 64.2 Å². The summed E-state index contributed by atoms with van der Waals surface area (Å²) in [5.74, 6) is 3.86. The van der Waals surface area contributed by atoms with E-state index in [1.165, 1.54) is 70.8 Å². The van der Waals surface area contributed by atoms with E-state index in [1.807, 2.05) is 0 Å². The smallest absolute Gasteiger partial charge is 0.0178 e. The Morgan fingerprint density at radius 3 is 2.00 bits per heavy atom. The van der Waals surface area contributed by atoms with Gasteiger partial charge in [0, 0.05) is 6.54 Å². The molecule has 2 fully saturated rings. The molecule has 3 rings (SSSR count). The molecule has 3 aliphatic rings. The van der Waals surface area contributed by atoms with Crippen LogP contribution < -0.4 is 5.32 Å². The van der Waals surface area contributed by atoms with Gasteiger partial charge in [0.1, 0.15) is 0 Å². The fourth-order valence-electron chi connectivity index (χ4n) is 4.73. The Morgan fingerprint density at radius 2 is 1.33 bits per heavy atom. The molecule has 0 saturated heterocycles. The van der Waals surface area contributed by atoms with E-state index in [4.69, 9.17) is 0 Å². The summed E-state index contributed by atoms with van der Waals surface area (Å²) in [6.07, 6.45) is 19.7. The summed E-state index contributed by atoms with van der Waals surface area (Å²) in [5.41, 5.74) is 0. The van der Waals surface area contributed by atoms with Gasteiger partial charge in [0.25, 0.3) is 0 Å². The molecule has 2 aliphatic carbocycles. The van der Waals surface area contributed by atoms with Crippen LogP contribution in [0.3, 0.4) is 0 Å². The van der Waals surface area contributed by atoms with E-state index >= 15 is 0 Å². The van der Waals surface area contributed by atoms with Gasteiger partial charge in [-0.15, -0.1) is 0 Å². The van der Waals surface area contributed by atoms with Crippen LogP contribution in [0.15, 0.2) is 12.3 Å². The van der Waals surface area contributed by atoms with Crippen molar-refractivity contribution in [3.05, 3.63) is 12.3 Å². The molecule has 1 nitrogen and oxygen atoms in total. The van der Waals surface area contributed by atoms with Crippen LogP contribution in [0, 0.1) is 23.7 Å². The monoisotopic (exact) mass is 247 g/mol. The first-order valence-corrected chi connectivity index (χ1v) is 8.35. The first-order valence-electron chi connectivity index (χ1n) is 8.35. The van der Waals surface area contributed by atoms with Gasteiger partial charge in [-0.1, -0.05) is 57.4 Å². The van der Waals surface area contributed by atoms with Crippen molar-refractivity contribution in [1.82, 2.24) is 5.32 Å². The second kappa shape index (κ2) is 6.12. The molecule has 1 N–H and O–H groups in total. The lowest BCUT2D eigenvalue weighted by molar-refractivity contribution is 0.132. The van der Waals surface area contributed by atoms with Crippen molar-refractivity contribution in [1.29, 1.82) is 0 Å². The van der Waals surface area contributed by atoms with Gasteiger partial charge in [-0.2, -0.15) is 0 Å². The minimum absolute atomic E-state index is 0.898. The van der Waals surface area contributed by atoms with Crippen LogP contribution in [-0.2, 0) is 0 Å². The molecule has 0 spiro atoms. The van der Waals surface area contributed by atoms with Gasteiger partial charge in [0.2, 0.25) is 0 Å². The first-order chi connectivity index (χ1) is 8.95. The molecule has 0 amide bonds. The van der Waals surface area contributed by atoms with E-state index in [1.54, 1.807) is 0 Å². The van der Waals surface area contributed by atoms with Crippen LogP contribution >= 0.6 is 0 Å². The predicted octanol–water partition coefficient (Wildman–Crippen LogP) is 4.50. The highest BCUT2D eigenvalue weighted by atomic mass is 14.9. The van der Waals surface area contributed by atoms with Crippen molar-refractivity contribution in [3.8, 4) is 0 Å². The molecule has 1 aliphatic heterocycles. The van der Waals surface area contributed by atoms with Crippen LogP contribution in [0.4, 0.5) is 0 Å². The third-order valence-corrected chi connectivity index (χ3v) is 5.73. The SMILES string of the molecule is C1=CC(C2CCCCC2)C(C2CCCCC2)CN1. The Labute approximate surface area is 112 Å². The molecule has 0 aromatic rings. The fraction of sp³-hybridized carbons (Fsp3) is 0.882. The van der Waals surface area contributed by atoms with Gasteiger partial charge in [-0.3, -0.25) is 0 Å². The van der Waals surface area contributed by atoms with E-state index in [9.17, 15) is 0 Å². The first kappa shape index (κ1) is 12.6. The molecular formula is C17H29N. The minimum Gasteiger partial charge on any atom is -0.391 e. The maximum atomic E-state index is 3.52. The summed E-state index contributed by atoms with van der Waals surface area (Å²) in [4.78, 5) is 0. The summed E-state index contributed by atoms with van der Waals surface area (Å²) in [6.45, 7) is 1.25. The van der Waals surface area contributed by atoms with Crippen LogP contribution in [0.25, 0.3) is 0 Å². The zero-order valence-corrected chi connectivity index (χ0v) is 11.7. The molecule has 0 bridgehead atoms. The van der Waals surface area contributed by atoms with Gasteiger partial charge in [0.15, 0.2) is 0 Å². The topological polar surface area (TPSA) is 12.0 Å². The van der Waals surface area contributed by atoms with Crippen molar-refractivity contribution in [2.75, 3.05) is 6.54 Å². The van der Waals surface area contributed by atoms with Crippen molar-refractivity contribution < 1.29 is 0 Å². The molecular weight excluding hydrogens is 218 g/mol. The van der Waals surface area contributed by atoms with Gasteiger partial charge in [0.05, 0.1) is 0 Å². The van der Waals surface area contributed by atoms with Crippen molar-refractivity contribution >= 4 is 0 Å². The lowest BCUT2D eigenvalue weighted by atomic mass is 9.66. The summed E-state index contributed by atoms with van der Waals surface area (Å²) >= 11 is 0. The van der Waals surface area contributed by atoms with Crippen molar-refractivity contribution in [3.63, 3.8) is 0 Å². The molecule has 0 aromatic heterocycles. The van der Waals surface area contributed by atoms with Crippen LogP contribution in [0.5, 0.6) is 0 Å². The standard InChI is InChI=1S/C17H29N/c1-3-7-14(8-4-1)16-11-12-18-13-17(16)15-9-5-2-6-10-15/h11-12,14-18H,1-10,13H2. The van der Waals surface area contributed by atoms with E-state index in [-0.39, 0.29) is 0 Å². The lowest BCUT2D eigenvalue weighted by Gasteiger charge is -2.41. The molecule has 2 unspecified atom stereocenters. The van der Waals surface area contributed by atoms with Crippen molar-refractivity contribution in [2.24, 2.45) is 23.7 Å². The molecule has 0 aromatic carbocycles. The van der Waals surface area contributed by atoms with Crippen molar-refractivity contribution in [2.45, 2.75) is 64.2 Å². The number of rotatable bonds is 2. The van der Waals surface area contributed by atoms with Gasteiger partial charge in [-0.05, 0) is 42.7 Å². The number of hydrogen-bond donors (Lipinski definition) is 1. The van der Waals surface area contributed by atoms with Gasteiger partial charge >= 0.3 is 0 Å². The summed E-state index contributed by atoms with van der Waals surface area (Å²) in [6, 6.07) is 0. The maximum Gasteiger partial charge on any atom is 0.0178 e. The predicted molar refractivity (Wildman–Crippen MR) is 77.3 cm³/mol. The third-order valence-electron chi connectivity index (χ3n) is 5.73. The average molecular weight is 247 g/mol. The highest BCUT2D eigenvalue weighted by Gasteiger charge is 2.35. The Balaban J connectivity index is 1.67. The minimum atomic E-state index is 0.898. The Hall–Kier alpha value is -0.460. The number of allylic oxidation sites excluding steroid dienone is 1. The lowest BCUT2D eigenvalue weighted by Crippen LogP contribution is -2.39. The average Bonchev–Trinajstić information content (AvgIpc) is 2.49. The van der Waals surface area contributed by atoms with Gasteiger partial charge < -0.3 is 5.32 Å². The molecule has 1 heteroatoms. The van der Waals surface area contributed by atoms with Crippen LogP contribution in [0.2, 0.25) is 0 Å². The quantitative estimate of drug-likeness (QED) is 0.758. The second-order valence-electron chi connectivity index (χ2n) is 6.80. The molecule has 2 saturated carbocycles. The highest BCUT2D eigenvalue weighted by Crippen LogP contribution is 2.42. The zero-order chi connectivity index (χ0) is 12.2. The molecule has 18 heavy (non-hydrogen) atoms. The maximum absolute atomic E-state index is 3.52.